The third-order valence-corrected chi connectivity index (χ3v) is 0.972. The van der Waals surface area contributed by atoms with Crippen LogP contribution in [0.25, 0.3) is 0 Å². The minimum atomic E-state index is -0.882. The lowest BCUT2D eigenvalue weighted by Crippen LogP contribution is -2.31. The Kier molecular flexibility index (Phi) is 4.87. The highest BCUT2D eigenvalue weighted by molar-refractivity contribution is 6.38. The molecule has 0 atom stereocenters. The van der Waals surface area contributed by atoms with Crippen LogP contribution < -0.4 is 5.48 Å². The molecular formula is C7H11NO4. The number of amides is 1. The number of hydrogen-bond acceptors (Lipinski definition) is 4. The second kappa shape index (κ2) is 5.42. The third kappa shape index (κ3) is 4.56. The molecule has 0 fully saturated rings. The van der Waals surface area contributed by atoms with E-state index in [4.69, 9.17) is 0 Å². The summed E-state index contributed by atoms with van der Waals surface area (Å²) in [4.78, 5) is 36.3. The minimum Gasteiger partial charge on any atom is -0.300 e. The van der Waals surface area contributed by atoms with Crippen molar-refractivity contribution < 1.29 is 19.2 Å². The molecule has 0 aromatic carbocycles. The van der Waals surface area contributed by atoms with Crippen molar-refractivity contribution in [3.8, 4) is 0 Å². The molecule has 0 aliphatic rings. The van der Waals surface area contributed by atoms with Crippen LogP contribution in [-0.2, 0) is 19.2 Å². The van der Waals surface area contributed by atoms with Crippen molar-refractivity contribution >= 4 is 17.5 Å². The number of hydrogen-bond donors (Lipinski definition) is 1. The van der Waals surface area contributed by atoms with Gasteiger partial charge in [0.1, 0.15) is 5.78 Å². The molecule has 1 N–H and O–H groups in total. The van der Waals surface area contributed by atoms with Gasteiger partial charge < -0.3 is 0 Å². The highest BCUT2D eigenvalue weighted by Gasteiger charge is 2.14. The first kappa shape index (κ1) is 10.8. The maximum atomic E-state index is 10.7. The average Bonchev–Trinajstić information content (AvgIpc) is 1.98. The van der Waals surface area contributed by atoms with Gasteiger partial charge in [0.15, 0.2) is 0 Å². The van der Waals surface area contributed by atoms with Gasteiger partial charge in [0, 0.05) is 0 Å². The van der Waals surface area contributed by atoms with Gasteiger partial charge in [0.2, 0.25) is 5.78 Å². The molecule has 0 aromatic heterocycles. The first-order valence-electron chi connectivity index (χ1n) is 3.52. The molecule has 0 rings (SSSR count). The first-order valence-corrected chi connectivity index (χ1v) is 3.52. The zero-order valence-electron chi connectivity index (χ0n) is 7.05. The summed E-state index contributed by atoms with van der Waals surface area (Å²) >= 11 is 0. The van der Waals surface area contributed by atoms with Gasteiger partial charge in [-0.05, 0) is 13.8 Å². The molecule has 68 valence electrons. The maximum Gasteiger partial charge on any atom is 0.311 e. The Morgan fingerprint density at radius 2 is 1.92 bits per heavy atom. The maximum absolute atomic E-state index is 10.7. The molecular weight excluding hydrogens is 162 g/mol. The van der Waals surface area contributed by atoms with Gasteiger partial charge in [-0.1, -0.05) is 0 Å². The van der Waals surface area contributed by atoms with Crippen molar-refractivity contribution in [3.63, 3.8) is 0 Å². The Balaban J connectivity index is 3.77. The fourth-order valence-corrected chi connectivity index (χ4v) is 0.501. The summed E-state index contributed by atoms with van der Waals surface area (Å²) in [7, 11) is 0. The molecule has 12 heavy (non-hydrogen) atoms. The number of Topliss-reactive ketones (excluding diaryl/α,β-unsaturated/α-hetero) is 2. The van der Waals surface area contributed by atoms with E-state index >= 15 is 0 Å². The summed E-state index contributed by atoms with van der Waals surface area (Å²) in [6, 6.07) is 0. The molecule has 0 bridgehead atoms. The summed E-state index contributed by atoms with van der Waals surface area (Å²) in [5.41, 5.74) is 1.90. The Labute approximate surface area is 70.0 Å². The van der Waals surface area contributed by atoms with E-state index in [1.807, 2.05) is 5.48 Å². The molecule has 5 nitrogen and oxygen atoms in total. The fourth-order valence-electron chi connectivity index (χ4n) is 0.501. The van der Waals surface area contributed by atoms with Crippen LogP contribution in [0.4, 0.5) is 0 Å². The summed E-state index contributed by atoms with van der Waals surface area (Å²) < 4.78 is 0. The molecule has 0 heterocycles. The third-order valence-electron chi connectivity index (χ3n) is 0.972. The highest BCUT2D eigenvalue weighted by atomic mass is 16.6. The first-order chi connectivity index (χ1) is 5.57. The van der Waals surface area contributed by atoms with E-state index in [1.54, 1.807) is 6.92 Å². The summed E-state index contributed by atoms with van der Waals surface area (Å²) in [6.07, 6.45) is -0.376. The monoisotopic (exact) mass is 173 g/mol. The zero-order chi connectivity index (χ0) is 9.56. The van der Waals surface area contributed by atoms with Gasteiger partial charge in [-0.25, -0.2) is 5.48 Å². The second-order valence-electron chi connectivity index (χ2n) is 2.17. The molecule has 0 aliphatic carbocycles. The van der Waals surface area contributed by atoms with Gasteiger partial charge in [0.25, 0.3) is 0 Å². The van der Waals surface area contributed by atoms with Gasteiger partial charge in [-0.2, -0.15) is 0 Å². The van der Waals surface area contributed by atoms with E-state index in [1.165, 1.54) is 6.92 Å². The van der Waals surface area contributed by atoms with E-state index in [9.17, 15) is 14.4 Å². The van der Waals surface area contributed by atoms with Gasteiger partial charge in [-0.15, -0.1) is 0 Å². The van der Waals surface area contributed by atoms with Crippen LogP contribution in [0.3, 0.4) is 0 Å². The van der Waals surface area contributed by atoms with Gasteiger partial charge >= 0.3 is 5.91 Å². The van der Waals surface area contributed by atoms with Gasteiger partial charge in [-0.3, -0.25) is 19.2 Å². The molecule has 0 radical (unpaired) electrons. The van der Waals surface area contributed by atoms with Crippen LogP contribution >= 0.6 is 0 Å². The smallest absolute Gasteiger partial charge is 0.300 e. The number of carbonyl (C=O) groups is 3. The lowest BCUT2D eigenvalue weighted by atomic mass is 10.2. The minimum absolute atomic E-state index is 0.277. The summed E-state index contributed by atoms with van der Waals surface area (Å²) in [5.74, 6) is -2.00. The predicted octanol–water partition coefficient (Wildman–Crippen LogP) is -0.398. The summed E-state index contributed by atoms with van der Waals surface area (Å²) in [5, 5.41) is 0. The van der Waals surface area contributed by atoms with Crippen molar-refractivity contribution in [2.24, 2.45) is 0 Å². The van der Waals surface area contributed by atoms with Crippen molar-refractivity contribution in [1.29, 1.82) is 0 Å². The lowest BCUT2D eigenvalue weighted by Gasteiger charge is -2.00. The molecule has 0 spiro atoms. The van der Waals surface area contributed by atoms with E-state index in [0.717, 1.165) is 0 Å². The molecule has 0 aromatic rings. The topological polar surface area (TPSA) is 72.5 Å². The Bertz CT molecular complexity index is 200. The molecule has 5 heteroatoms. The molecule has 1 amide bonds. The van der Waals surface area contributed by atoms with Crippen LogP contribution in [0.1, 0.15) is 20.3 Å². The number of rotatable bonds is 5. The van der Waals surface area contributed by atoms with Crippen LogP contribution in [0.5, 0.6) is 0 Å². The predicted molar refractivity (Wildman–Crippen MR) is 40.1 cm³/mol. The fraction of sp³-hybridized carbons (Fsp3) is 0.571. The van der Waals surface area contributed by atoms with E-state index < -0.39 is 11.7 Å². The molecule has 0 saturated heterocycles. The molecule has 0 unspecified atom stereocenters. The quantitative estimate of drug-likeness (QED) is 0.349. The van der Waals surface area contributed by atoms with Crippen molar-refractivity contribution in [3.05, 3.63) is 0 Å². The Hall–Kier alpha value is -1.23. The lowest BCUT2D eigenvalue weighted by molar-refractivity contribution is -0.146. The van der Waals surface area contributed by atoms with Crippen molar-refractivity contribution in [2.75, 3.05) is 6.61 Å². The van der Waals surface area contributed by atoms with Crippen LogP contribution in [0.15, 0.2) is 0 Å². The van der Waals surface area contributed by atoms with Crippen LogP contribution in [0.2, 0.25) is 0 Å². The van der Waals surface area contributed by atoms with E-state index in [0.29, 0.717) is 0 Å². The zero-order valence-corrected chi connectivity index (χ0v) is 7.05. The standard InChI is InChI=1S/C7H11NO4/c1-3-12-8-7(11)6(10)4-5(2)9/h3-4H2,1-2H3,(H,8,11). The summed E-state index contributed by atoms with van der Waals surface area (Å²) in [6.45, 7) is 3.18. The number of nitrogens with one attached hydrogen (secondary N) is 1. The Morgan fingerprint density at radius 1 is 1.33 bits per heavy atom. The largest absolute Gasteiger partial charge is 0.311 e. The van der Waals surface area contributed by atoms with Crippen molar-refractivity contribution in [1.82, 2.24) is 5.48 Å². The number of hydroxylamine groups is 1. The van der Waals surface area contributed by atoms with Crippen molar-refractivity contribution in [2.45, 2.75) is 20.3 Å². The number of ketones is 2. The van der Waals surface area contributed by atoms with Crippen LogP contribution in [0, 0.1) is 0 Å². The average molecular weight is 173 g/mol. The molecule has 0 saturated carbocycles. The number of carbonyl (C=O) groups excluding carboxylic acids is 3. The van der Waals surface area contributed by atoms with Crippen LogP contribution in [-0.4, -0.2) is 24.1 Å². The highest BCUT2D eigenvalue weighted by Crippen LogP contribution is 1.85. The second-order valence-corrected chi connectivity index (χ2v) is 2.17. The van der Waals surface area contributed by atoms with E-state index in [-0.39, 0.29) is 18.8 Å². The normalized spacial score (nSPS) is 9.17. The van der Waals surface area contributed by atoms with E-state index in [2.05, 4.69) is 4.84 Å². The molecule has 0 aliphatic heterocycles. The Morgan fingerprint density at radius 3 is 2.33 bits per heavy atom. The SMILES string of the molecule is CCONC(=O)C(=O)CC(C)=O. The van der Waals surface area contributed by atoms with Gasteiger partial charge in [0.05, 0.1) is 13.0 Å².